The summed E-state index contributed by atoms with van der Waals surface area (Å²) in [6, 6.07) is -0.339. The lowest BCUT2D eigenvalue weighted by molar-refractivity contribution is -0.238. The Morgan fingerprint density at radius 1 is 1.47 bits per heavy atom. The van der Waals surface area contributed by atoms with Crippen molar-refractivity contribution in [3.05, 3.63) is 0 Å². The van der Waals surface area contributed by atoms with E-state index in [0.717, 1.165) is 0 Å². The molecule has 2 rings (SSSR count). The minimum absolute atomic E-state index is 0.0838. The molecule has 0 radical (unpaired) electrons. The van der Waals surface area contributed by atoms with Gasteiger partial charge in [-0.25, -0.2) is 0 Å². The van der Waals surface area contributed by atoms with Crippen LogP contribution in [-0.4, -0.2) is 65.8 Å². The van der Waals surface area contributed by atoms with Crippen molar-refractivity contribution >= 4 is 0 Å². The summed E-state index contributed by atoms with van der Waals surface area (Å²) in [6.45, 7) is 5.11. The van der Waals surface area contributed by atoms with E-state index >= 15 is 0 Å². The number of hydrogen-bond donors (Lipinski definition) is 4. The Morgan fingerprint density at radius 3 is 2.58 bits per heavy atom. The van der Waals surface area contributed by atoms with Gasteiger partial charge < -0.3 is 30.2 Å². The fourth-order valence-corrected chi connectivity index (χ4v) is 2.70. The monoisotopic (exact) mass is 276 g/mol. The van der Waals surface area contributed by atoms with Crippen molar-refractivity contribution in [3.8, 4) is 0 Å². The van der Waals surface area contributed by atoms with Crippen LogP contribution in [0.5, 0.6) is 0 Å². The highest BCUT2D eigenvalue weighted by Gasteiger charge is 2.73. The normalized spacial score (nSPS) is 46.3. The van der Waals surface area contributed by atoms with Crippen LogP contribution in [0.2, 0.25) is 0 Å². The molecular formula is C12H24N2O5. The zero-order valence-electron chi connectivity index (χ0n) is 11.8. The molecule has 0 bridgehead atoms. The molecule has 0 aliphatic carbocycles. The molecule has 2 aliphatic heterocycles. The smallest absolute Gasteiger partial charge is 0.188 e. The van der Waals surface area contributed by atoms with Gasteiger partial charge in [-0.05, 0) is 27.8 Å². The largest absolute Gasteiger partial charge is 0.391 e. The van der Waals surface area contributed by atoms with E-state index in [9.17, 15) is 10.2 Å². The van der Waals surface area contributed by atoms with Gasteiger partial charge in [0.15, 0.2) is 18.1 Å². The summed E-state index contributed by atoms with van der Waals surface area (Å²) < 4.78 is 16.8. The molecule has 0 aromatic heterocycles. The molecule has 2 heterocycles. The Bertz CT molecular complexity index is 328. The van der Waals surface area contributed by atoms with Gasteiger partial charge in [0.05, 0.1) is 12.7 Å². The van der Waals surface area contributed by atoms with E-state index in [1.807, 2.05) is 0 Å². The number of ether oxygens (including phenoxy) is 3. The van der Waals surface area contributed by atoms with Crippen molar-refractivity contribution in [1.29, 1.82) is 0 Å². The molecule has 2 fully saturated rings. The molecule has 0 amide bonds. The first kappa shape index (κ1) is 15.1. The van der Waals surface area contributed by atoms with Gasteiger partial charge in [-0.2, -0.15) is 0 Å². The second kappa shape index (κ2) is 4.92. The van der Waals surface area contributed by atoms with E-state index in [1.165, 1.54) is 0 Å². The van der Waals surface area contributed by atoms with E-state index in [2.05, 4.69) is 5.32 Å². The third-order valence-corrected chi connectivity index (χ3v) is 3.89. The number of epoxide rings is 1. The number of hydrogen-bond acceptors (Lipinski definition) is 7. The lowest BCUT2D eigenvalue weighted by atomic mass is 9.91. The number of aliphatic hydroxyl groups excluding tert-OH is 1. The van der Waals surface area contributed by atoms with Crippen LogP contribution in [0.15, 0.2) is 0 Å². The Labute approximate surface area is 113 Å². The fourth-order valence-electron chi connectivity index (χ4n) is 2.70. The number of aliphatic hydroxyl groups is 2. The maximum absolute atomic E-state index is 10.3. The summed E-state index contributed by atoms with van der Waals surface area (Å²) in [4.78, 5) is 0. The summed E-state index contributed by atoms with van der Waals surface area (Å²) in [6.07, 6.45) is -2.33. The lowest BCUT2D eigenvalue weighted by Gasteiger charge is -2.38. The number of fused-ring (bicyclic) bond motifs is 1. The van der Waals surface area contributed by atoms with Gasteiger partial charge in [-0.3, -0.25) is 5.32 Å². The molecule has 7 heteroatoms. The van der Waals surface area contributed by atoms with E-state index < -0.39 is 35.9 Å². The summed E-state index contributed by atoms with van der Waals surface area (Å²) in [5, 5.41) is 22.9. The predicted molar refractivity (Wildman–Crippen MR) is 67.2 cm³/mol. The molecular weight excluding hydrogens is 252 g/mol. The summed E-state index contributed by atoms with van der Waals surface area (Å²) in [7, 11) is 1.72. The second-order valence-electron chi connectivity index (χ2n) is 5.68. The summed E-state index contributed by atoms with van der Waals surface area (Å²) in [5.74, 6) is 0. The maximum Gasteiger partial charge on any atom is 0.188 e. The SMILES string of the molecule is CNC12OC1C(OC(C(C)N)C(C)O)OCC2(C)O. The second-order valence-corrected chi connectivity index (χ2v) is 5.68. The Balaban J connectivity index is 2.05. The minimum atomic E-state index is -1.12. The van der Waals surface area contributed by atoms with E-state index in [-0.39, 0.29) is 12.6 Å². The third-order valence-electron chi connectivity index (χ3n) is 3.89. The van der Waals surface area contributed by atoms with Gasteiger partial charge in [0.25, 0.3) is 0 Å². The molecule has 5 N–H and O–H groups in total. The quantitative estimate of drug-likeness (QED) is 0.453. The van der Waals surface area contributed by atoms with Crippen LogP contribution in [0.3, 0.4) is 0 Å². The van der Waals surface area contributed by atoms with E-state index in [4.69, 9.17) is 19.9 Å². The van der Waals surface area contributed by atoms with Gasteiger partial charge in [-0.1, -0.05) is 0 Å². The first-order valence-corrected chi connectivity index (χ1v) is 6.55. The van der Waals surface area contributed by atoms with Gasteiger partial charge in [0.1, 0.15) is 11.7 Å². The topological polar surface area (TPSA) is 110 Å². The zero-order chi connectivity index (χ0) is 14.4. The van der Waals surface area contributed by atoms with Gasteiger partial charge in [0, 0.05) is 6.04 Å². The molecule has 7 atom stereocenters. The molecule has 19 heavy (non-hydrogen) atoms. The summed E-state index contributed by atoms with van der Waals surface area (Å²) >= 11 is 0. The molecule has 2 saturated heterocycles. The van der Waals surface area contributed by atoms with Crippen LogP contribution in [0.4, 0.5) is 0 Å². The molecule has 0 saturated carbocycles. The van der Waals surface area contributed by atoms with Crippen molar-refractivity contribution in [3.63, 3.8) is 0 Å². The zero-order valence-corrected chi connectivity index (χ0v) is 11.8. The van der Waals surface area contributed by atoms with E-state index in [1.54, 1.807) is 27.8 Å². The van der Waals surface area contributed by atoms with Crippen LogP contribution in [0, 0.1) is 0 Å². The van der Waals surface area contributed by atoms with Crippen LogP contribution < -0.4 is 11.1 Å². The standard InChI is InChI=1S/C12H24N2O5/c1-6(13)8(7(2)15)18-10-9-12(14-4,19-9)11(3,16)5-17-10/h6-10,14-16H,5,13H2,1-4H3. The number of rotatable bonds is 5. The van der Waals surface area contributed by atoms with Crippen molar-refractivity contribution in [2.24, 2.45) is 5.73 Å². The van der Waals surface area contributed by atoms with E-state index in [0.29, 0.717) is 0 Å². The number of likely N-dealkylation sites (N-methyl/N-ethyl adjacent to an activating group) is 1. The van der Waals surface area contributed by atoms with Crippen molar-refractivity contribution < 1.29 is 24.4 Å². The molecule has 7 nitrogen and oxygen atoms in total. The summed E-state index contributed by atoms with van der Waals surface area (Å²) in [5.41, 5.74) is 3.81. The van der Waals surface area contributed by atoms with Gasteiger partial charge >= 0.3 is 0 Å². The fraction of sp³-hybridized carbons (Fsp3) is 1.00. The molecule has 7 unspecified atom stereocenters. The Morgan fingerprint density at radius 2 is 2.11 bits per heavy atom. The van der Waals surface area contributed by atoms with Gasteiger partial charge in [-0.15, -0.1) is 0 Å². The van der Waals surface area contributed by atoms with Crippen LogP contribution in [0.1, 0.15) is 20.8 Å². The highest BCUT2D eigenvalue weighted by Crippen LogP contribution is 2.49. The van der Waals surface area contributed by atoms with Crippen molar-refractivity contribution in [1.82, 2.24) is 5.32 Å². The first-order valence-electron chi connectivity index (χ1n) is 6.55. The molecule has 112 valence electrons. The Hall–Kier alpha value is -0.280. The average Bonchev–Trinajstić information content (AvgIpc) is 3.04. The molecule has 2 aliphatic rings. The molecule has 0 aromatic rings. The average molecular weight is 276 g/mol. The van der Waals surface area contributed by atoms with Crippen molar-refractivity contribution in [2.45, 2.75) is 62.7 Å². The minimum Gasteiger partial charge on any atom is -0.391 e. The predicted octanol–water partition coefficient (Wildman–Crippen LogP) is -1.48. The third kappa shape index (κ3) is 2.40. The Kier molecular flexibility index (Phi) is 3.92. The van der Waals surface area contributed by atoms with Crippen molar-refractivity contribution in [2.75, 3.05) is 13.7 Å². The highest BCUT2D eigenvalue weighted by atomic mass is 16.8. The highest BCUT2D eigenvalue weighted by molar-refractivity contribution is 5.15. The molecule has 0 aromatic carbocycles. The molecule has 0 spiro atoms. The number of nitrogens with one attached hydrogen (secondary N) is 1. The van der Waals surface area contributed by atoms with Crippen LogP contribution in [-0.2, 0) is 14.2 Å². The number of nitrogens with two attached hydrogens (primary N) is 1. The maximum atomic E-state index is 10.3. The van der Waals surface area contributed by atoms with Gasteiger partial charge in [0.2, 0.25) is 0 Å². The lowest BCUT2D eigenvalue weighted by Crippen LogP contribution is -2.62. The first-order chi connectivity index (χ1) is 8.75. The van der Waals surface area contributed by atoms with Crippen LogP contribution in [0.25, 0.3) is 0 Å². The van der Waals surface area contributed by atoms with Crippen LogP contribution >= 0.6 is 0 Å².